The number of rotatable bonds is 0. The van der Waals surface area contributed by atoms with E-state index in [9.17, 15) is 9.90 Å². The summed E-state index contributed by atoms with van der Waals surface area (Å²) in [5.41, 5.74) is 1.45. The molecule has 0 radical (unpaired) electrons. The highest BCUT2D eigenvalue weighted by Gasteiger charge is 2.63. The Bertz CT molecular complexity index is 456. The molecule has 2 heterocycles. The van der Waals surface area contributed by atoms with E-state index in [1.807, 2.05) is 0 Å². The highest BCUT2D eigenvalue weighted by atomic mass is 16.3. The van der Waals surface area contributed by atoms with E-state index in [4.69, 9.17) is 0 Å². The first-order valence-electron chi connectivity index (χ1n) is 7.79. The van der Waals surface area contributed by atoms with Crippen LogP contribution in [0.5, 0.6) is 0 Å². The van der Waals surface area contributed by atoms with Gasteiger partial charge in [-0.25, -0.2) is 0 Å². The monoisotopic (exact) mass is 261 g/mol. The van der Waals surface area contributed by atoms with Gasteiger partial charge in [-0.2, -0.15) is 0 Å². The zero-order chi connectivity index (χ0) is 13.2. The predicted molar refractivity (Wildman–Crippen MR) is 72.6 cm³/mol. The summed E-state index contributed by atoms with van der Waals surface area (Å²) in [6.45, 7) is 4.48. The molecule has 3 fully saturated rings. The molecule has 2 saturated heterocycles. The molecule has 5 atom stereocenters. The van der Waals surface area contributed by atoms with E-state index < -0.39 is 6.10 Å². The smallest absolute Gasteiger partial charge is 0.166 e. The quantitative estimate of drug-likeness (QED) is 0.675. The second-order valence-corrected chi connectivity index (χ2v) is 7.04. The van der Waals surface area contributed by atoms with E-state index in [0.29, 0.717) is 5.92 Å². The highest BCUT2D eigenvalue weighted by molar-refractivity contribution is 5.89. The van der Waals surface area contributed by atoms with Crippen LogP contribution in [0.15, 0.2) is 11.6 Å². The number of piperidine rings is 2. The Morgan fingerprint density at radius 2 is 2.05 bits per heavy atom. The normalized spacial score (nSPS) is 49.6. The van der Waals surface area contributed by atoms with Crippen LogP contribution < -0.4 is 0 Å². The average Bonchev–Trinajstić information content (AvgIpc) is 2.40. The Hall–Kier alpha value is -0.670. The molecule has 3 heteroatoms. The van der Waals surface area contributed by atoms with Gasteiger partial charge in [0.25, 0.3) is 0 Å². The minimum Gasteiger partial charge on any atom is -0.385 e. The van der Waals surface area contributed by atoms with E-state index in [2.05, 4.69) is 17.9 Å². The highest BCUT2D eigenvalue weighted by Crippen LogP contribution is 2.57. The third kappa shape index (κ3) is 1.38. The minimum absolute atomic E-state index is 0.0658. The van der Waals surface area contributed by atoms with Gasteiger partial charge in [-0.15, -0.1) is 0 Å². The van der Waals surface area contributed by atoms with Crippen molar-refractivity contribution in [3.63, 3.8) is 0 Å². The van der Waals surface area contributed by atoms with Crippen molar-refractivity contribution in [2.24, 2.45) is 17.8 Å². The van der Waals surface area contributed by atoms with Crippen molar-refractivity contribution >= 4 is 5.78 Å². The largest absolute Gasteiger partial charge is 0.385 e. The van der Waals surface area contributed by atoms with Crippen LogP contribution in [0.2, 0.25) is 0 Å². The number of hydrogen-bond acceptors (Lipinski definition) is 3. The van der Waals surface area contributed by atoms with Crippen molar-refractivity contribution in [2.45, 2.75) is 50.7 Å². The third-order valence-electron chi connectivity index (χ3n) is 6.20. The molecule has 2 bridgehead atoms. The van der Waals surface area contributed by atoms with E-state index >= 15 is 0 Å². The van der Waals surface area contributed by atoms with Crippen LogP contribution in [0.4, 0.5) is 0 Å². The molecular weight excluding hydrogens is 238 g/mol. The average molecular weight is 261 g/mol. The lowest BCUT2D eigenvalue weighted by molar-refractivity contribution is -0.173. The minimum atomic E-state index is -0.739. The summed E-state index contributed by atoms with van der Waals surface area (Å²) >= 11 is 0. The molecule has 0 aromatic heterocycles. The van der Waals surface area contributed by atoms with Gasteiger partial charge in [0.1, 0.15) is 6.10 Å². The lowest BCUT2D eigenvalue weighted by atomic mass is 9.50. The predicted octanol–water partition coefficient (Wildman–Crippen LogP) is 1.76. The second-order valence-electron chi connectivity index (χ2n) is 7.04. The van der Waals surface area contributed by atoms with Crippen molar-refractivity contribution in [3.8, 4) is 0 Å². The molecule has 19 heavy (non-hydrogen) atoms. The van der Waals surface area contributed by atoms with Gasteiger partial charge in [-0.3, -0.25) is 9.69 Å². The van der Waals surface area contributed by atoms with Crippen LogP contribution in [-0.2, 0) is 4.79 Å². The van der Waals surface area contributed by atoms with Crippen molar-refractivity contribution in [1.29, 1.82) is 0 Å². The molecule has 4 aliphatic rings. The van der Waals surface area contributed by atoms with Crippen LogP contribution in [0, 0.1) is 17.8 Å². The maximum atomic E-state index is 12.6. The molecule has 2 aliphatic carbocycles. The third-order valence-corrected chi connectivity index (χ3v) is 6.20. The molecule has 1 N–H and O–H groups in total. The maximum absolute atomic E-state index is 12.6. The molecule has 1 spiro atoms. The molecule has 104 valence electrons. The Labute approximate surface area is 114 Å². The summed E-state index contributed by atoms with van der Waals surface area (Å²) in [6, 6.07) is 0. The Kier molecular flexibility index (Phi) is 2.50. The first kappa shape index (κ1) is 12.1. The number of aliphatic hydroxyl groups is 1. The van der Waals surface area contributed by atoms with Gasteiger partial charge in [0, 0.05) is 17.4 Å². The van der Waals surface area contributed by atoms with Crippen LogP contribution in [-0.4, -0.2) is 40.5 Å². The molecule has 2 aliphatic heterocycles. The lowest BCUT2D eigenvalue weighted by Gasteiger charge is -2.64. The molecule has 4 rings (SSSR count). The summed E-state index contributed by atoms with van der Waals surface area (Å²) in [6.07, 6.45) is 7.03. The Morgan fingerprint density at radius 3 is 2.84 bits per heavy atom. The van der Waals surface area contributed by atoms with Gasteiger partial charge in [0.15, 0.2) is 5.78 Å². The van der Waals surface area contributed by atoms with E-state index in [-0.39, 0.29) is 23.2 Å². The van der Waals surface area contributed by atoms with Crippen molar-refractivity contribution in [2.75, 3.05) is 13.1 Å². The topological polar surface area (TPSA) is 40.5 Å². The van der Waals surface area contributed by atoms with Crippen molar-refractivity contribution in [3.05, 3.63) is 11.6 Å². The van der Waals surface area contributed by atoms with E-state index in [1.165, 1.54) is 18.4 Å². The number of carbonyl (C=O) groups is 1. The number of Topliss-reactive ketones (excluding diaryl/α,β-unsaturated/α-hetero) is 1. The maximum Gasteiger partial charge on any atom is 0.166 e. The second kappa shape index (κ2) is 3.92. The fourth-order valence-corrected chi connectivity index (χ4v) is 5.67. The van der Waals surface area contributed by atoms with Crippen LogP contribution in [0.3, 0.4) is 0 Å². The molecule has 3 nitrogen and oxygen atoms in total. The Morgan fingerprint density at radius 1 is 1.32 bits per heavy atom. The van der Waals surface area contributed by atoms with E-state index in [1.54, 1.807) is 0 Å². The summed E-state index contributed by atoms with van der Waals surface area (Å²) in [5.74, 6) is 0.805. The van der Waals surface area contributed by atoms with Crippen LogP contribution in [0.25, 0.3) is 0 Å². The summed E-state index contributed by atoms with van der Waals surface area (Å²) in [5, 5.41) is 10.4. The van der Waals surface area contributed by atoms with Gasteiger partial charge in [0.2, 0.25) is 0 Å². The lowest BCUT2D eigenvalue weighted by Crippen LogP contribution is -2.72. The molecule has 0 aromatic carbocycles. The number of nitrogens with zero attached hydrogens (tertiary/aromatic N) is 1. The number of aliphatic hydroxyl groups excluding tert-OH is 1. The van der Waals surface area contributed by atoms with E-state index in [0.717, 1.165) is 32.4 Å². The molecule has 0 amide bonds. The molecule has 0 aromatic rings. The molecule has 1 saturated carbocycles. The SMILES string of the molecule is CC1=C[C@@H]2[C@H](O)C(=O)[C@H]3CCCN4CCC[C@H]2[C@]34C1. The molecular formula is C16H23NO2. The Balaban J connectivity index is 1.89. The van der Waals surface area contributed by atoms with Crippen LogP contribution in [0.1, 0.15) is 39.0 Å². The van der Waals surface area contributed by atoms with Gasteiger partial charge in [-0.1, -0.05) is 11.6 Å². The van der Waals surface area contributed by atoms with Crippen molar-refractivity contribution < 1.29 is 9.90 Å². The van der Waals surface area contributed by atoms with Gasteiger partial charge in [-0.05, 0) is 58.0 Å². The zero-order valence-corrected chi connectivity index (χ0v) is 11.6. The number of carbonyl (C=O) groups excluding carboxylic acids is 1. The van der Waals surface area contributed by atoms with Gasteiger partial charge < -0.3 is 5.11 Å². The summed E-state index contributed by atoms with van der Waals surface area (Å²) in [4.78, 5) is 15.2. The zero-order valence-electron chi connectivity index (χ0n) is 11.6. The van der Waals surface area contributed by atoms with Crippen molar-refractivity contribution in [1.82, 2.24) is 4.90 Å². The fourth-order valence-electron chi connectivity index (χ4n) is 5.67. The van der Waals surface area contributed by atoms with Gasteiger partial charge in [0.05, 0.1) is 0 Å². The number of ketones is 1. The fraction of sp³-hybridized carbons (Fsp3) is 0.812. The molecule has 0 unspecified atom stereocenters. The number of hydrogen-bond donors (Lipinski definition) is 1. The van der Waals surface area contributed by atoms with Gasteiger partial charge >= 0.3 is 0 Å². The van der Waals surface area contributed by atoms with Crippen LogP contribution >= 0.6 is 0 Å². The standard InChI is InChI=1S/C16H23NO2/c1-10-8-11-12-4-2-6-17-7-3-5-13(15(19)14(11)18)16(12,17)9-10/h8,11-14,18H,2-7,9H2,1H3/t11-,12+,13+,14-,16+/m0/s1. The first-order valence-corrected chi connectivity index (χ1v) is 7.79. The summed E-state index contributed by atoms with van der Waals surface area (Å²) in [7, 11) is 0. The summed E-state index contributed by atoms with van der Waals surface area (Å²) < 4.78 is 0. The first-order chi connectivity index (χ1) is 9.14.